The van der Waals surface area contributed by atoms with Crippen LogP contribution in [0.2, 0.25) is 19.6 Å². The molecule has 0 nitrogen and oxygen atoms in total. The Morgan fingerprint density at radius 1 is 1.00 bits per heavy atom. The minimum absolute atomic E-state index is 0.940. The van der Waals surface area contributed by atoms with E-state index in [0.717, 1.165) is 0 Å². The monoisotopic (exact) mass is 168 g/mol. The van der Waals surface area contributed by atoms with Crippen LogP contribution in [-0.4, -0.2) is 8.07 Å². The van der Waals surface area contributed by atoms with Crippen molar-refractivity contribution in [3.8, 4) is 0 Å². The lowest BCUT2D eigenvalue weighted by Crippen LogP contribution is -2.26. The summed E-state index contributed by atoms with van der Waals surface area (Å²) in [7, 11) is -0.940. The summed E-state index contributed by atoms with van der Waals surface area (Å²) in [6, 6.07) is 0. The lowest BCUT2D eigenvalue weighted by atomic mass is 10.0. The molecule has 11 heavy (non-hydrogen) atoms. The average molecular weight is 168 g/mol. The Hall–Kier alpha value is -0.0431. The molecule has 1 heteroatoms. The quantitative estimate of drug-likeness (QED) is 0.523. The van der Waals surface area contributed by atoms with Crippen LogP contribution in [-0.2, 0) is 0 Å². The Bertz CT molecular complexity index is 172. The van der Waals surface area contributed by atoms with Gasteiger partial charge in [-0.05, 0) is 32.6 Å². The molecule has 0 radical (unpaired) electrons. The van der Waals surface area contributed by atoms with Crippen molar-refractivity contribution in [2.45, 2.75) is 52.2 Å². The Morgan fingerprint density at radius 2 is 1.55 bits per heavy atom. The zero-order valence-electron chi connectivity index (χ0n) is 8.33. The Kier molecular flexibility index (Phi) is 2.58. The van der Waals surface area contributed by atoms with Gasteiger partial charge in [-0.1, -0.05) is 30.4 Å². The topological polar surface area (TPSA) is 0 Å². The van der Waals surface area contributed by atoms with Crippen LogP contribution in [0, 0.1) is 0 Å². The fraction of sp³-hybridized carbons (Fsp3) is 0.800. The van der Waals surface area contributed by atoms with Gasteiger partial charge in [0.25, 0.3) is 0 Å². The molecule has 0 atom stereocenters. The molecular weight excluding hydrogens is 148 g/mol. The molecule has 64 valence electrons. The van der Waals surface area contributed by atoms with Crippen LogP contribution in [0.25, 0.3) is 0 Å². The van der Waals surface area contributed by atoms with Gasteiger partial charge >= 0.3 is 0 Å². The van der Waals surface area contributed by atoms with Crippen LogP contribution >= 0.6 is 0 Å². The lowest BCUT2D eigenvalue weighted by molar-refractivity contribution is 0.688. The van der Waals surface area contributed by atoms with Crippen molar-refractivity contribution in [2.75, 3.05) is 0 Å². The van der Waals surface area contributed by atoms with Gasteiger partial charge in [-0.15, -0.1) is 0 Å². The maximum absolute atomic E-state index is 2.47. The van der Waals surface area contributed by atoms with E-state index < -0.39 is 8.07 Å². The Morgan fingerprint density at radius 3 is 1.91 bits per heavy atom. The van der Waals surface area contributed by atoms with E-state index in [9.17, 15) is 0 Å². The summed E-state index contributed by atoms with van der Waals surface area (Å²) >= 11 is 0. The van der Waals surface area contributed by atoms with E-state index in [1.165, 1.54) is 25.7 Å². The van der Waals surface area contributed by atoms with Gasteiger partial charge in [-0.25, -0.2) is 0 Å². The largest absolute Gasteiger partial charge is 0.0821 e. The second-order valence-electron chi connectivity index (χ2n) is 4.72. The van der Waals surface area contributed by atoms with Gasteiger partial charge < -0.3 is 0 Å². The van der Waals surface area contributed by atoms with E-state index in [2.05, 4.69) is 26.6 Å². The van der Waals surface area contributed by atoms with Gasteiger partial charge in [0.05, 0.1) is 8.07 Å². The van der Waals surface area contributed by atoms with Crippen molar-refractivity contribution in [3.63, 3.8) is 0 Å². The zero-order valence-corrected chi connectivity index (χ0v) is 9.33. The third kappa shape index (κ3) is 2.19. The van der Waals surface area contributed by atoms with Crippen molar-refractivity contribution < 1.29 is 0 Å². The maximum Gasteiger partial charge on any atom is 0.0723 e. The van der Waals surface area contributed by atoms with E-state index in [4.69, 9.17) is 0 Å². The fourth-order valence-corrected chi connectivity index (χ4v) is 4.40. The molecule has 0 unspecified atom stereocenters. The predicted octanol–water partition coefficient (Wildman–Crippen LogP) is 3.75. The van der Waals surface area contributed by atoms with Crippen molar-refractivity contribution in [1.29, 1.82) is 0 Å². The first kappa shape index (κ1) is 9.05. The van der Waals surface area contributed by atoms with Crippen LogP contribution in [0.1, 0.15) is 32.6 Å². The van der Waals surface area contributed by atoms with Gasteiger partial charge in [0, 0.05) is 0 Å². The second-order valence-corrected chi connectivity index (χ2v) is 9.82. The molecule has 0 aromatic heterocycles. The van der Waals surface area contributed by atoms with Crippen molar-refractivity contribution in [2.24, 2.45) is 0 Å². The summed E-state index contributed by atoms with van der Waals surface area (Å²) < 4.78 is 0. The molecule has 0 fully saturated rings. The number of rotatable bonds is 1. The van der Waals surface area contributed by atoms with Crippen molar-refractivity contribution in [3.05, 3.63) is 10.8 Å². The molecule has 0 saturated heterocycles. The first-order valence-corrected chi connectivity index (χ1v) is 8.21. The molecule has 0 amide bonds. The van der Waals surface area contributed by atoms with Gasteiger partial charge in [0.1, 0.15) is 0 Å². The molecule has 0 N–H and O–H groups in total. The summed E-state index contributed by atoms with van der Waals surface area (Å²) in [5, 5.41) is 1.85. The molecule has 0 saturated carbocycles. The zero-order chi connectivity index (χ0) is 8.48. The van der Waals surface area contributed by atoms with E-state index >= 15 is 0 Å². The van der Waals surface area contributed by atoms with E-state index in [-0.39, 0.29) is 0 Å². The van der Waals surface area contributed by atoms with Crippen LogP contribution in [0.4, 0.5) is 0 Å². The van der Waals surface area contributed by atoms with Crippen molar-refractivity contribution >= 4 is 8.07 Å². The van der Waals surface area contributed by atoms with Gasteiger partial charge in [0.2, 0.25) is 0 Å². The molecular formula is C10H20Si. The third-order valence-corrected chi connectivity index (χ3v) is 5.14. The van der Waals surface area contributed by atoms with Crippen LogP contribution in [0.15, 0.2) is 10.8 Å². The molecule has 0 aliphatic heterocycles. The van der Waals surface area contributed by atoms with E-state index in [0.29, 0.717) is 0 Å². The minimum atomic E-state index is -0.940. The van der Waals surface area contributed by atoms with Crippen LogP contribution in [0.5, 0.6) is 0 Å². The Balaban J connectivity index is 2.83. The van der Waals surface area contributed by atoms with Gasteiger partial charge in [0.15, 0.2) is 0 Å². The fourth-order valence-electron chi connectivity index (χ4n) is 2.07. The first-order chi connectivity index (χ1) is 5.02. The molecule has 0 aromatic rings. The predicted molar refractivity (Wildman–Crippen MR) is 54.5 cm³/mol. The summed E-state index contributed by atoms with van der Waals surface area (Å²) in [6.07, 6.45) is 5.65. The number of hydrogen-bond acceptors (Lipinski definition) is 0. The average Bonchev–Trinajstić information content (AvgIpc) is 1.86. The van der Waals surface area contributed by atoms with Gasteiger partial charge in [-0.3, -0.25) is 0 Å². The second kappa shape index (κ2) is 3.14. The molecule has 1 aliphatic rings. The lowest BCUT2D eigenvalue weighted by Gasteiger charge is -2.27. The summed E-state index contributed by atoms with van der Waals surface area (Å²) in [5.74, 6) is 0. The SMILES string of the molecule is CC1=C([Si](C)(C)C)CCCC1. The van der Waals surface area contributed by atoms with Crippen LogP contribution in [0.3, 0.4) is 0 Å². The van der Waals surface area contributed by atoms with Crippen LogP contribution < -0.4 is 0 Å². The number of allylic oxidation sites excluding steroid dienone is 2. The highest BCUT2D eigenvalue weighted by atomic mass is 28.3. The molecule has 0 bridgehead atoms. The standard InChI is InChI=1S/C10H20Si/c1-9-7-5-6-8-10(9)11(2,3)4/h5-8H2,1-4H3. The molecule has 0 spiro atoms. The highest BCUT2D eigenvalue weighted by Gasteiger charge is 2.22. The summed E-state index contributed by atoms with van der Waals surface area (Å²) in [5.41, 5.74) is 1.72. The normalized spacial score (nSPS) is 20.7. The smallest absolute Gasteiger partial charge is 0.0723 e. The summed E-state index contributed by atoms with van der Waals surface area (Å²) in [6.45, 7) is 9.75. The molecule has 0 heterocycles. The van der Waals surface area contributed by atoms with Gasteiger partial charge in [-0.2, -0.15) is 0 Å². The first-order valence-electron chi connectivity index (χ1n) is 4.71. The Labute approximate surface area is 71.7 Å². The van der Waals surface area contributed by atoms with E-state index in [1.807, 2.05) is 5.20 Å². The van der Waals surface area contributed by atoms with E-state index in [1.54, 1.807) is 5.57 Å². The third-order valence-electron chi connectivity index (χ3n) is 2.65. The molecule has 1 rings (SSSR count). The number of hydrogen-bond donors (Lipinski definition) is 0. The molecule has 0 aromatic carbocycles. The highest BCUT2D eigenvalue weighted by molar-refractivity contribution is 6.83. The maximum atomic E-state index is 2.47. The highest BCUT2D eigenvalue weighted by Crippen LogP contribution is 2.30. The minimum Gasteiger partial charge on any atom is -0.0821 e. The summed E-state index contributed by atoms with van der Waals surface area (Å²) in [4.78, 5) is 0. The molecule has 1 aliphatic carbocycles. The van der Waals surface area contributed by atoms with Crippen molar-refractivity contribution in [1.82, 2.24) is 0 Å².